The summed E-state index contributed by atoms with van der Waals surface area (Å²) in [5.41, 5.74) is 1.90. The predicted octanol–water partition coefficient (Wildman–Crippen LogP) is 4.96. The lowest BCUT2D eigenvalue weighted by atomic mass is 9.63. The third-order valence-electron chi connectivity index (χ3n) is 8.46. The SMILES string of the molecule is CCC1[C@H]2C=C[C@@H]1[C@@H]1C[C@@H]3C(=C(O)[C@@H]12)C(=O)c1c(OCc2ccccc2)noc1[C@@H]3N(C)C. The first-order valence-electron chi connectivity index (χ1n) is 12.0. The number of carbonyl (C=O) groups excluding carboxylic acids is 1. The Morgan fingerprint density at radius 3 is 2.67 bits per heavy atom. The molecule has 4 aliphatic rings. The van der Waals surface area contributed by atoms with E-state index < -0.39 is 0 Å². The van der Waals surface area contributed by atoms with Crippen molar-refractivity contribution in [2.75, 3.05) is 14.1 Å². The van der Waals surface area contributed by atoms with Crippen LogP contribution in [0.2, 0.25) is 0 Å². The smallest absolute Gasteiger partial charge is 0.266 e. The number of aliphatic hydroxyl groups is 1. The van der Waals surface area contributed by atoms with Crippen molar-refractivity contribution in [3.63, 3.8) is 0 Å². The summed E-state index contributed by atoms with van der Waals surface area (Å²) >= 11 is 0. The van der Waals surface area contributed by atoms with Crippen LogP contribution in [0.4, 0.5) is 0 Å². The average molecular weight is 447 g/mol. The number of fused-ring (bicyclic) bond motifs is 7. The van der Waals surface area contributed by atoms with E-state index in [0.29, 0.717) is 52.9 Å². The summed E-state index contributed by atoms with van der Waals surface area (Å²) in [5, 5.41) is 15.7. The van der Waals surface area contributed by atoms with E-state index in [1.54, 1.807) is 0 Å². The first-order chi connectivity index (χ1) is 16.0. The molecule has 7 atom stereocenters. The van der Waals surface area contributed by atoms with Gasteiger partial charge in [-0.3, -0.25) is 9.69 Å². The van der Waals surface area contributed by atoms with Gasteiger partial charge in [0, 0.05) is 17.4 Å². The molecule has 0 aliphatic heterocycles. The Morgan fingerprint density at radius 1 is 1.18 bits per heavy atom. The normalized spacial score (nSPS) is 33.9. The third kappa shape index (κ3) is 2.89. The van der Waals surface area contributed by atoms with Crippen molar-refractivity contribution in [1.29, 1.82) is 0 Å². The largest absolute Gasteiger partial charge is 0.512 e. The summed E-state index contributed by atoms with van der Waals surface area (Å²) in [7, 11) is 3.99. The van der Waals surface area contributed by atoms with E-state index in [1.807, 2.05) is 44.4 Å². The van der Waals surface area contributed by atoms with Crippen molar-refractivity contribution in [3.05, 3.63) is 70.7 Å². The number of carbonyl (C=O) groups is 1. The molecule has 1 fully saturated rings. The molecule has 0 radical (unpaired) electrons. The van der Waals surface area contributed by atoms with Gasteiger partial charge in [-0.25, -0.2) is 0 Å². The number of allylic oxidation sites excluding steroid dienone is 3. The van der Waals surface area contributed by atoms with Crippen LogP contribution in [0.15, 0.2) is 58.3 Å². The van der Waals surface area contributed by atoms with Gasteiger partial charge in [-0.15, -0.1) is 0 Å². The van der Waals surface area contributed by atoms with E-state index in [-0.39, 0.29) is 29.5 Å². The molecule has 6 heteroatoms. The highest BCUT2D eigenvalue weighted by Gasteiger charge is 2.59. The number of benzene rings is 1. The molecule has 0 amide bonds. The number of ketones is 1. The molecule has 1 N–H and O–H groups in total. The van der Waals surface area contributed by atoms with E-state index in [0.717, 1.165) is 18.4 Å². The first kappa shape index (κ1) is 20.7. The molecule has 0 saturated heterocycles. The van der Waals surface area contributed by atoms with E-state index in [1.165, 1.54) is 0 Å². The van der Waals surface area contributed by atoms with Crippen molar-refractivity contribution in [2.24, 2.45) is 35.5 Å². The number of aliphatic hydroxyl groups excluding tert-OH is 1. The minimum atomic E-state index is -0.187. The summed E-state index contributed by atoms with van der Waals surface area (Å²) in [5.74, 6) is 2.53. The van der Waals surface area contributed by atoms with Gasteiger partial charge in [-0.2, -0.15) is 0 Å². The second-order valence-corrected chi connectivity index (χ2v) is 10.2. The van der Waals surface area contributed by atoms with Gasteiger partial charge < -0.3 is 14.4 Å². The molecule has 172 valence electrons. The van der Waals surface area contributed by atoms with Gasteiger partial charge >= 0.3 is 0 Å². The Bertz CT molecular complexity index is 1150. The van der Waals surface area contributed by atoms with E-state index in [2.05, 4.69) is 29.1 Å². The highest BCUT2D eigenvalue weighted by molar-refractivity contribution is 6.13. The Labute approximate surface area is 193 Å². The highest BCUT2D eigenvalue weighted by atomic mass is 16.5. The van der Waals surface area contributed by atoms with Crippen LogP contribution in [0.5, 0.6) is 5.88 Å². The fourth-order valence-corrected chi connectivity index (χ4v) is 7.19. The van der Waals surface area contributed by atoms with E-state index in [4.69, 9.17) is 9.26 Å². The molecule has 1 aromatic carbocycles. The molecule has 1 unspecified atom stereocenters. The molecule has 6 rings (SSSR count). The zero-order chi connectivity index (χ0) is 22.9. The molecule has 2 bridgehead atoms. The van der Waals surface area contributed by atoms with Crippen LogP contribution < -0.4 is 4.74 Å². The monoisotopic (exact) mass is 446 g/mol. The Kier molecular flexibility index (Phi) is 4.77. The van der Waals surface area contributed by atoms with E-state index >= 15 is 0 Å². The molecule has 1 saturated carbocycles. The number of hydrogen-bond acceptors (Lipinski definition) is 6. The molecule has 0 spiro atoms. The standard InChI is InChI=1S/C27H30N2O4/c1-4-15-16-10-11-17(15)20-18(16)12-19-21(24(20)30)25(31)22-26(23(19)29(2)3)33-28-27(22)32-13-14-8-6-5-7-9-14/h5-11,15-20,23,30H,4,12-13H2,1-3H3/t15?,16-,17+,18-,19+,20+,23+/m0/s1. The molecular weight excluding hydrogens is 416 g/mol. The minimum absolute atomic E-state index is 0.0399. The van der Waals surface area contributed by atoms with Crippen molar-refractivity contribution >= 4 is 5.78 Å². The second kappa shape index (κ2) is 7.59. The lowest BCUT2D eigenvalue weighted by Crippen LogP contribution is -2.42. The van der Waals surface area contributed by atoms with Gasteiger partial charge in [0.05, 0.1) is 6.04 Å². The summed E-state index contributed by atoms with van der Waals surface area (Å²) in [6, 6.07) is 9.62. The van der Waals surface area contributed by atoms with Gasteiger partial charge in [0.25, 0.3) is 5.88 Å². The summed E-state index contributed by atoms with van der Waals surface area (Å²) in [4.78, 5) is 15.9. The van der Waals surface area contributed by atoms with Gasteiger partial charge in [0.15, 0.2) is 5.76 Å². The summed E-state index contributed by atoms with van der Waals surface area (Å²) in [6.07, 6.45) is 6.59. The fourth-order valence-electron chi connectivity index (χ4n) is 7.19. The minimum Gasteiger partial charge on any atom is -0.512 e. The Morgan fingerprint density at radius 2 is 1.94 bits per heavy atom. The van der Waals surface area contributed by atoms with Gasteiger partial charge in [0.1, 0.15) is 17.9 Å². The number of Topliss-reactive ketones (excluding diaryl/α,β-unsaturated/α-hetero) is 1. The van der Waals surface area contributed by atoms with Crippen LogP contribution in [0.25, 0.3) is 0 Å². The van der Waals surface area contributed by atoms with Crippen LogP contribution in [-0.2, 0) is 6.61 Å². The summed E-state index contributed by atoms with van der Waals surface area (Å²) < 4.78 is 11.7. The highest BCUT2D eigenvalue weighted by Crippen LogP contribution is 2.62. The van der Waals surface area contributed by atoms with Crippen molar-refractivity contribution in [3.8, 4) is 5.88 Å². The maximum atomic E-state index is 13.8. The van der Waals surface area contributed by atoms with Gasteiger partial charge in [-0.05, 0) is 54.9 Å². The molecule has 1 heterocycles. The lowest BCUT2D eigenvalue weighted by molar-refractivity contribution is 0.0821. The number of ether oxygens (including phenoxy) is 1. The Balaban J connectivity index is 1.41. The Hall–Kier alpha value is -2.86. The first-order valence-corrected chi connectivity index (χ1v) is 12.0. The van der Waals surface area contributed by atoms with Crippen LogP contribution in [0.3, 0.4) is 0 Å². The van der Waals surface area contributed by atoms with Gasteiger partial charge in [0.2, 0.25) is 5.78 Å². The maximum Gasteiger partial charge on any atom is 0.266 e. The molecule has 33 heavy (non-hydrogen) atoms. The summed E-state index contributed by atoms with van der Waals surface area (Å²) in [6.45, 7) is 2.53. The molecule has 1 aromatic heterocycles. The zero-order valence-corrected chi connectivity index (χ0v) is 19.3. The average Bonchev–Trinajstić information content (AvgIpc) is 3.50. The van der Waals surface area contributed by atoms with E-state index in [9.17, 15) is 9.90 Å². The third-order valence-corrected chi connectivity index (χ3v) is 8.46. The number of hydrogen-bond donors (Lipinski definition) is 1. The topological polar surface area (TPSA) is 75.8 Å². The molecule has 4 aliphatic carbocycles. The fraction of sp³-hybridized carbons (Fsp3) is 0.481. The molecule has 6 nitrogen and oxygen atoms in total. The second-order valence-electron chi connectivity index (χ2n) is 10.2. The molecule has 2 aromatic rings. The van der Waals surface area contributed by atoms with Crippen molar-refractivity contribution in [1.82, 2.24) is 10.1 Å². The van der Waals surface area contributed by atoms with Crippen LogP contribution >= 0.6 is 0 Å². The predicted molar refractivity (Wildman–Crippen MR) is 123 cm³/mol. The van der Waals surface area contributed by atoms with Crippen molar-refractivity contribution < 1.29 is 19.2 Å². The molecular formula is C27H30N2O4. The van der Waals surface area contributed by atoms with Crippen LogP contribution in [0, 0.1) is 35.5 Å². The van der Waals surface area contributed by atoms with Crippen LogP contribution in [0.1, 0.15) is 47.5 Å². The zero-order valence-electron chi connectivity index (χ0n) is 19.3. The van der Waals surface area contributed by atoms with Crippen molar-refractivity contribution in [2.45, 2.75) is 32.4 Å². The number of aromatic nitrogens is 1. The van der Waals surface area contributed by atoms with Gasteiger partial charge in [-0.1, -0.05) is 55.8 Å². The maximum absolute atomic E-state index is 13.8. The number of nitrogens with zero attached hydrogens (tertiary/aromatic N) is 2. The number of rotatable bonds is 5. The lowest BCUT2D eigenvalue weighted by Gasteiger charge is -2.43. The quantitative estimate of drug-likeness (QED) is 0.655. The van der Waals surface area contributed by atoms with Crippen LogP contribution in [-0.4, -0.2) is 35.0 Å².